The summed E-state index contributed by atoms with van der Waals surface area (Å²) in [5, 5.41) is -0.332. The maximum atomic E-state index is 14.4. The quantitative estimate of drug-likeness (QED) is 0.0309. The largest absolute Gasteiger partial charge is 0.469 e. The van der Waals surface area contributed by atoms with E-state index in [0.29, 0.717) is 32.3 Å². The summed E-state index contributed by atoms with van der Waals surface area (Å²) in [6.45, 7) is 68.8. The highest BCUT2D eigenvalue weighted by Gasteiger charge is 2.59. The first-order valence-corrected chi connectivity index (χ1v) is 53.5. The van der Waals surface area contributed by atoms with E-state index < -0.39 is 106 Å². The van der Waals surface area contributed by atoms with Crippen molar-refractivity contribution in [3.05, 3.63) is 66.8 Å². The smallest absolute Gasteiger partial charge is 0.308 e. The van der Waals surface area contributed by atoms with E-state index in [0.717, 1.165) is 56.1 Å². The lowest BCUT2D eigenvalue weighted by atomic mass is 9.83. The number of unbranched alkanes of at least 4 members (excludes halogenated alkanes) is 1. The van der Waals surface area contributed by atoms with Gasteiger partial charge in [0.05, 0.1) is 97.9 Å². The molecule has 5 heterocycles. The zero-order chi connectivity index (χ0) is 74.0. The third-order valence-electron chi connectivity index (χ3n) is 24.8. The van der Waals surface area contributed by atoms with Gasteiger partial charge in [-0.3, -0.25) is 4.79 Å². The van der Waals surface area contributed by atoms with Crippen molar-refractivity contribution in [1.82, 2.24) is 0 Å². The Balaban J connectivity index is 1.18. The summed E-state index contributed by atoms with van der Waals surface area (Å²) >= 11 is 0. The monoisotopic (exact) mass is 1480 g/mol. The molecule has 7 unspecified atom stereocenters. The van der Waals surface area contributed by atoms with Crippen LogP contribution in [0.15, 0.2) is 71.7 Å². The fraction of sp³-hybridized carbons (Fsp3) is 0.831. The molecule has 5 fully saturated rings. The zero-order valence-corrected chi connectivity index (χ0v) is 72.5. The van der Waals surface area contributed by atoms with Crippen molar-refractivity contribution in [3.8, 4) is 0 Å². The molecular weight excluding hydrogens is 1340 g/mol. The molecule has 98 heavy (non-hydrogen) atoms. The molecule has 17 atom stereocenters. The normalized spacial score (nSPS) is 30.1. The first-order chi connectivity index (χ1) is 44.7. The van der Waals surface area contributed by atoms with E-state index in [2.05, 4.69) is 202 Å². The van der Waals surface area contributed by atoms with Crippen molar-refractivity contribution < 1.29 is 68.5 Å². The minimum atomic E-state index is -3.75. The van der Waals surface area contributed by atoms with Gasteiger partial charge in [-0.05, 0) is 178 Å². The summed E-state index contributed by atoms with van der Waals surface area (Å²) in [4.78, 5) is 13.0. The molecule has 0 radical (unpaired) electrons. The van der Waals surface area contributed by atoms with E-state index in [1.807, 2.05) is 6.07 Å². The molecule has 1 aromatic rings. The Morgan fingerprint density at radius 2 is 1.19 bits per heavy atom. The van der Waals surface area contributed by atoms with Crippen LogP contribution in [0.5, 0.6) is 0 Å². The Morgan fingerprint density at radius 1 is 0.633 bits per heavy atom. The molecule has 5 aliphatic rings. The number of methoxy groups -OCH3 is 2. The number of allylic oxidation sites excluding steroid dienone is 1. The van der Waals surface area contributed by atoms with Crippen LogP contribution in [0, 0.1) is 11.8 Å². The second kappa shape index (κ2) is 33.1. The van der Waals surface area contributed by atoms with Gasteiger partial charge in [0.2, 0.25) is 0 Å². The molecule has 1 aromatic carbocycles. The molecule has 5 saturated heterocycles. The highest BCUT2D eigenvalue weighted by molar-refractivity contribution is 7.91. The number of rotatable bonds is 30. The highest BCUT2D eigenvalue weighted by atomic mass is 32.2. The van der Waals surface area contributed by atoms with Crippen LogP contribution in [0.2, 0.25) is 90.7 Å². The number of hydrogen-bond donors (Lipinski definition) is 0. The van der Waals surface area contributed by atoms with Gasteiger partial charge < -0.3 is 55.3 Å². The van der Waals surface area contributed by atoms with Crippen LogP contribution in [0.1, 0.15) is 188 Å². The van der Waals surface area contributed by atoms with Gasteiger partial charge >= 0.3 is 5.97 Å². The lowest BCUT2D eigenvalue weighted by molar-refractivity contribution is -0.267. The molecule has 564 valence electrons. The van der Waals surface area contributed by atoms with Crippen LogP contribution < -0.4 is 0 Å². The van der Waals surface area contributed by atoms with Crippen LogP contribution in [0.3, 0.4) is 0 Å². The standard InChI is InChI=1S/C77H140O15SSi5/c1-52-45-56(85-64(54(52)3)49-65-60(51-93(79,80)59-38-34-32-35-39-59)68(82-20)66(87-65)47-58(89-95(23,24)74(7,8)9)50-83-94(21,22)73(4,5)6)41-43-61-53(2)46-55(84-61)37-33-31-36-40-63(90-96(25,26)75(10,11)12)70-72(92-98(29,30)77(16,17)18)71(91-97(27,28)76(13,14)15)69-62(88-70)44-42-57(86-69)48-67(78)81-19/h32,34-36,38-40,52,55-58,60-66,68-72H,2-3,31,33,37,41-51H2,1,4-30H3/b40-36+/t52-,55+,56+,57?,58?,60?,61?,62+,63+,64?,65+,66-,68-,69+,70+,71?,72?/m1/s1. The lowest BCUT2D eigenvalue weighted by Crippen LogP contribution is -2.69. The second-order valence-electron chi connectivity index (χ2n) is 37.5. The van der Waals surface area contributed by atoms with Crippen molar-refractivity contribution in [1.29, 1.82) is 0 Å². The number of carbonyl (C=O) groups is 1. The Labute approximate surface area is 602 Å². The molecule has 0 N–H and O–H groups in total. The van der Waals surface area contributed by atoms with E-state index in [1.165, 1.54) is 7.11 Å². The van der Waals surface area contributed by atoms with Gasteiger partial charge in [-0.2, -0.15) is 0 Å². The Hall–Kier alpha value is -1.50. The van der Waals surface area contributed by atoms with Gasteiger partial charge in [0.1, 0.15) is 24.4 Å². The molecule has 0 saturated carbocycles. The van der Waals surface area contributed by atoms with Gasteiger partial charge in [0.25, 0.3) is 0 Å². The molecule has 0 spiro atoms. The molecule has 6 rings (SSSR count). The number of sulfone groups is 1. The highest BCUT2D eigenvalue weighted by Crippen LogP contribution is 2.49. The fourth-order valence-corrected chi connectivity index (χ4v) is 21.1. The molecular formula is C77H140O15SSi5. The van der Waals surface area contributed by atoms with Crippen LogP contribution in [-0.4, -0.2) is 174 Å². The van der Waals surface area contributed by atoms with Crippen LogP contribution in [0.4, 0.5) is 0 Å². The predicted octanol–water partition coefficient (Wildman–Crippen LogP) is 18.7. The van der Waals surface area contributed by atoms with Gasteiger partial charge in [0.15, 0.2) is 51.4 Å². The second-order valence-corrected chi connectivity index (χ2v) is 63.3. The van der Waals surface area contributed by atoms with Crippen LogP contribution in [0.25, 0.3) is 0 Å². The van der Waals surface area contributed by atoms with Gasteiger partial charge in [0, 0.05) is 25.9 Å². The van der Waals surface area contributed by atoms with Crippen molar-refractivity contribution in [2.24, 2.45) is 11.8 Å². The molecule has 21 heteroatoms. The van der Waals surface area contributed by atoms with E-state index in [1.54, 1.807) is 31.4 Å². The molecule has 0 amide bonds. The first-order valence-electron chi connectivity index (χ1n) is 37.3. The number of ether oxygens (including phenoxy) is 7. The minimum absolute atomic E-state index is 0.00552. The number of fused-ring (bicyclic) bond motifs is 1. The van der Waals surface area contributed by atoms with Gasteiger partial charge in [-0.1, -0.05) is 154 Å². The summed E-state index contributed by atoms with van der Waals surface area (Å²) in [7, 11) is -12.5. The van der Waals surface area contributed by atoms with Crippen molar-refractivity contribution in [2.45, 2.75) is 375 Å². The summed E-state index contributed by atoms with van der Waals surface area (Å²) in [6.07, 6.45) is 7.76. The third-order valence-corrected chi connectivity index (χ3v) is 49.1. The maximum Gasteiger partial charge on any atom is 0.308 e. The van der Waals surface area contributed by atoms with Crippen molar-refractivity contribution in [3.63, 3.8) is 0 Å². The fourth-order valence-electron chi connectivity index (χ4n) is 13.2. The molecule has 0 aromatic heterocycles. The van der Waals surface area contributed by atoms with Gasteiger partial charge in [-0.15, -0.1) is 0 Å². The number of carbonyl (C=O) groups excluding carboxylic acids is 1. The summed E-state index contributed by atoms with van der Waals surface area (Å²) in [5.41, 5.74) is 2.13. The Bertz CT molecular complexity index is 2900. The first kappa shape index (κ1) is 85.4. The van der Waals surface area contributed by atoms with E-state index in [9.17, 15) is 13.2 Å². The zero-order valence-electron chi connectivity index (χ0n) is 66.7. The van der Waals surface area contributed by atoms with Crippen molar-refractivity contribution >= 4 is 57.4 Å². The summed E-state index contributed by atoms with van der Waals surface area (Å²) < 4.78 is 113. The molecule has 15 nitrogen and oxygen atoms in total. The van der Waals surface area contributed by atoms with Gasteiger partial charge in [-0.25, -0.2) is 8.42 Å². The third kappa shape index (κ3) is 21.8. The molecule has 5 aliphatic heterocycles. The SMILES string of the molecule is C=C1C[C@H](CCC/C=C/[C@H](O[Si](C)(C)C(C)(C)C)[C@@H]2O[C@H]3CCC(CC(=O)OC)O[C@@H]3C(O[Si](C)(C)C(C)(C)C)C2O[Si](C)(C)C(C)(C)C)OC1CC[C@H]1C[C@@H](C)C(=C)C(C[C@@H]2O[C@H](CC(CO[Si](C)(C)C(C)(C)C)O[Si](C)(C)C(C)(C)C)[C@H](OC)C2CS(=O)(=O)c2ccccc2)O1. The minimum Gasteiger partial charge on any atom is -0.469 e. The van der Waals surface area contributed by atoms with Crippen LogP contribution >= 0.6 is 0 Å². The number of esters is 1. The van der Waals surface area contributed by atoms with E-state index in [-0.39, 0.29) is 96.9 Å². The average molecular weight is 1480 g/mol. The summed E-state index contributed by atoms with van der Waals surface area (Å²) in [6, 6.07) is 8.74. The molecule has 0 bridgehead atoms. The maximum absolute atomic E-state index is 14.4. The van der Waals surface area contributed by atoms with Crippen LogP contribution in [-0.2, 0) is 69.9 Å². The number of benzene rings is 1. The lowest BCUT2D eigenvalue weighted by Gasteiger charge is -2.56. The van der Waals surface area contributed by atoms with Crippen molar-refractivity contribution in [2.75, 3.05) is 26.6 Å². The Kier molecular flexibility index (Phi) is 28.9. The molecule has 0 aliphatic carbocycles. The van der Waals surface area contributed by atoms with E-state index >= 15 is 0 Å². The topological polar surface area (TPSA) is 162 Å². The Morgan fingerprint density at radius 3 is 1.76 bits per heavy atom. The number of hydrogen-bond acceptors (Lipinski definition) is 15. The average Bonchev–Trinajstić information content (AvgIpc) is 0.770. The van der Waals surface area contributed by atoms with E-state index in [4.69, 9.17) is 55.3 Å². The summed E-state index contributed by atoms with van der Waals surface area (Å²) in [5.74, 6) is -0.730. The predicted molar refractivity (Wildman–Crippen MR) is 412 cm³/mol.